The van der Waals surface area contributed by atoms with Gasteiger partial charge in [-0.3, -0.25) is 9.89 Å². The molecule has 0 fully saturated rings. The maximum Gasteiger partial charge on any atom is 0.231 e. The van der Waals surface area contributed by atoms with E-state index in [0.717, 1.165) is 34.0 Å². The Morgan fingerprint density at radius 2 is 1.92 bits per heavy atom. The molecule has 0 bridgehead atoms. The molecule has 5 nitrogen and oxygen atoms in total. The number of aromatic nitrogens is 2. The van der Waals surface area contributed by atoms with Crippen LogP contribution >= 0.6 is 0 Å². The standard InChI is InChI=1S/C21H21N3O2/c1-14(2)26-17-10-6-7-15(11-17)21-18-12-20(25)24(13-19(18)22-23-21)16-8-4-3-5-9-16/h3-11,14H,12-13H2,1-2H3,(H,22,23). The molecule has 0 aliphatic carbocycles. The number of carbonyl (C=O) groups excluding carboxylic acids is 1. The van der Waals surface area contributed by atoms with Crippen LogP contribution in [0.25, 0.3) is 11.3 Å². The minimum absolute atomic E-state index is 0.0842. The monoisotopic (exact) mass is 347 g/mol. The van der Waals surface area contributed by atoms with Crippen molar-refractivity contribution >= 4 is 11.6 Å². The zero-order valence-corrected chi connectivity index (χ0v) is 14.9. The Labute approximate surface area is 152 Å². The summed E-state index contributed by atoms with van der Waals surface area (Å²) in [5, 5.41) is 7.61. The summed E-state index contributed by atoms with van der Waals surface area (Å²) in [6, 6.07) is 17.6. The number of carbonyl (C=O) groups is 1. The molecule has 0 radical (unpaired) electrons. The van der Waals surface area contributed by atoms with Crippen molar-refractivity contribution in [3.8, 4) is 17.0 Å². The zero-order chi connectivity index (χ0) is 18.1. The fourth-order valence-electron chi connectivity index (χ4n) is 3.29. The summed E-state index contributed by atoms with van der Waals surface area (Å²) in [5.41, 5.74) is 4.66. The highest BCUT2D eigenvalue weighted by Crippen LogP contribution is 2.32. The van der Waals surface area contributed by atoms with Gasteiger partial charge in [-0.25, -0.2) is 0 Å². The molecule has 3 aromatic rings. The number of H-pyrrole nitrogens is 1. The third-order valence-corrected chi connectivity index (χ3v) is 4.45. The molecular formula is C21H21N3O2. The number of benzene rings is 2. The lowest BCUT2D eigenvalue weighted by atomic mass is 9.99. The molecule has 2 heterocycles. The van der Waals surface area contributed by atoms with E-state index in [0.29, 0.717) is 13.0 Å². The van der Waals surface area contributed by atoms with Crippen LogP contribution in [0.5, 0.6) is 5.75 Å². The quantitative estimate of drug-likeness (QED) is 0.777. The first-order valence-corrected chi connectivity index (χ1v) is 8.80. The fourth-order valence-corrected chi connectivity index (χ4v) is 3.29. The smallest absolute Gasteiger partial charge is 0.231 e. The zero-order valence-electron chi connectivity index (χ0n) is 14.9. The third kappa shape index (κ3) is 3.08. The Kier molecular flexibility index (Phi) is 4.21. The lowest BCUT2D eigenvalue weighted by Crippen LogP contribution is -2.36. The van der Waals surface area contributed by atoms with Crippen LogP contribution in [0.2, 0.25) is 0 Å². The largest absolute Gasteiger partial charge is 0.491 e. The number of aromatic amines is 1. The number of amides is 1. The lowest BCUT2D eigenvalue weighted by Gasteiger charge is -2.27. The van der Waals surface area contributed by atoms with Crippen molar-refractivity contribution in [3.05, 3.63) is 65.9 Å². The first kappa shape index (κ1) is 16.4. The van der Waals surface area contributed by atoms with Gasteiger partial charge in [-0.05, 0) is 38.1 Å². The van der Waals surface area contributed by atoms with Crippen LogP contribution < -0.4 is 9.64 Å². The number of hydrogen-bond acceptors (Lipinski definition) is 3. The summed E-state index contributed by atoms with van der Waals surface area (Å²) in [6.45, 7) is 4.51. The van der Waals surface area contributed by atoms with E-state index in [1.807, 2.05) is 68.4 Å². The van der Waals surface area contributed by atoms with Gasteiger partial charge in [0.1, 0.15) is 5.75 Å². The fraction of sp³-hybridized carbons (Fsp3) is 0.238. The van der Waals surface area contributed by atoms with E-state index >= 15 is 0 Å². The topological polar surface area (TPSA) is 58.2 Å². The molecule has 1 amide bonds. The van der Waals surface area contributed by atoms with E-state index in [1.54, 1.807) is 4.90 Å². The van der Waals surface area contributed by atoms with Gasteiger partial charge in [-0.2, -0.15) is 5.10 Å². The van der Waals surface area contributed by atoms with Gasteiger partial charge in [0, 0.05) is 16.8 Å². The van der Waals surface area contributed by atoms with Gasteiger partial charge in [0.25, 0.3) is 0 Å². The highest BCUT2D eigenvalue weighted by Gasteiger charge is 2.28. The Bertz CT molecular complexity index is 931. The second-order valence-corrected chi connectivity index (χ2v) is 6.72. The normalized spacial score (nSPS) is 13.8. The second-order valence-electron chi connectivity index (χ2n) is 6.72. The molecule has 1 aliphatic rings. The van der Waals surface area contributed by atoms with E-state index in [1.165, 1.54) is 0 Å². The molecule has 0 spiro atoms. The number of para-hydroxylation sites is 1. The van der Waals surface area contributed by atoms with Crippen molar-refractivity contribution < 1.29 is 9.53 Å². The molecule has 132 valence electrons. The Hall–Kier alpha value is -3.08. The number of nitrogens with zero attached hydrogens (tertiary/aromatic N) is 2. The first-order valence-electron chi connectivity index (χ1n) is 8.80. The molecule has 0 saturated heterocycles. The number of rotatable bonds is 4. The van der Waals surface area contributed by atoms with Crippen LogP contribution in [0, 0.1) is 0 Å². The number of fused-ring (bicyclic) bond motifs is 1. The van der Waals surface area contributed by atoms with Crippen molar-refractivity contribution in [2.45, 2.75) is 32.9 Å². The molecule has 4 rings (SSSR count). The first-order chi connectivity index (χ1) is 12.6. The molecule has 0 saturated carbocycles. The number of ether oxygens (including phenoxy) is 1. The van der Waals surface area contributed by atoms with E-state index in [4.69, 9.17) is 4.74 Å². The van der Waals surface area contributed by atoms with Crippen molar-refractivity contribution in [2.75, 3.05) is 4.90 Å². The average Bonchev–Trinajstić information content (AvgIpc) is 3.04. The average molecular weight is 347 g/mol. The number of anilines is 1. The van der Waals surface area contributed by atoms with Gasteiger partial charge in [0.05, 0.1) is 30.5 Å². The van der Waals surface area contributed by atoms with Crippen LogP contribution in [0.15, 0.2) is 54.6 Å². The predicted molar refractivity (Wildman–Crippen MR) is 101 cm³/mol. The number of hydrogen-bond donors (Lipinski definition) is 1. The molecule has 5 heteroatoms. The van der Waals surface area contributed by atoms with Crippen molar-refractivity contribution in [2.24, 2.45) is 0 Å². The molecule has 1 aliphatic heterocycles. The molecule has 1 aromatic heterocycles. The van der Waals surface area contributed by atoms with Crippen LogP contribution in [0.4, 0.5) is 5.69 Å². The third-order valence-electron chi connectivity index (χ3n) is 4.45. The molecular weight excluding hydrogens is 326 g/mol. The second kappa shape index (κ2) is 6.67. The maximum absolute atomic E-state index is 12.7. The van der Waals surface area contributed by atoms with Crippen LogP contribution in [0.1, 0.15) is 25.1 Å². The van der Waals surface area contributed by atoms with Gasteiger partial charge < -0.3 is 9.64 Å². The summed E-state index contributed by atoms with van der Waals surface area (Å²) in [4.78, 5) is 14.5. The van der Waals surface area contributed by atoms with Crippen molar-refractivity contribution in [3.63, 3.8) is 0 Å². The van der Waals surface area contributed by atoms with Gasteiger partial charge in [-0.15, -0.1) is 0 Å². The van der Waals surface area contributed by atoms with Crippen molar-refractivity contribution in [1.29, 1.82) is 0 Å². The minimum atomic E-state index is 0.0842. The molecule has 26 heavy (non-hydrogen) atoms. The summed E-state index contributed by atoms with van der Waals surface area (Å²) in [6.07, 6.45) is 0.449. The van der Waals surface area contributed by atoms with Crippen LogP contribution in [0.3, 0.4) is 0 Å². The highest BCUT2D eigenvalue weighted by atomic mass is 16.5. The Morgan fingerprint density at radius 3 is 2.69 bits per heavy atom. The predicted octanol–water partition coefficient (Wildman–Crippen LogP) is 3.95. The van der Waals surface area contributed by atoms with Crippen LogP contribution in [-0.2, 0) is 17.8 Å². The highest BCUT2D eigenvalue weighted by molar-refractivity contribution is 5.97. The van der Waals surface area contributed by atoms with E-state index in [2.05, 4.69) is 10.2 Å². The molecule has 1 N–H and O–H groups in total. The van der Waals surface area contributed by atoms with Gasteiger partial charge in [-0.1, -0.05) is 30.3 Å². The van der Waals surface area contributed by atoms with Crippen molar-refractivity contribution in [1.82, 2.24) is 10.2 Å². The molecule has 2 aromatic carbocycles. The van der Waals surface area contributed by atoms with Crippen LogP contribution in [-0.4, -0.2) is 22.2 Å². The summed E-state index contributed by atoms with van der Waals surface area (Å²) < 4.78 is 5.78. The molecule has 0 atom stereocenters. The van der Waals surface area contributed by atoms with E-state index in [9.17, 15) is 4.79 Å². The minimum Gasteiger partial charge on any atom is -0.491 e. The Balaban J connectivity index is 1.66. The summed E-state index contributed by atoms with van der Waals surface area (Å²) in [7, 11) is 0. The summed E-state index contributed by atoms with van der Waals surface area (Å²) in [5.74, 6) is 0.892. The summed E-state index contributed by atoms with van der Waals surface area (Å²) >= 11 is 0. The number of nitrogens with one attached hydrogen (secondary N) is 1. The SMILES string of the molecule is CC(C)Oc1cccc(-c2n[nH]c3c2CC(=O)N(c2ccccc2)C3)c1. The van der Waals surface area contributed by atoms with E-state index in [-0.39, 0.29) is 12.0 Å². The van der Waals surface area contributed by atoms with Gasteiger partial charge in [0.15, 0.2) is 0 Å². The lowest BCUT2D eigenvalue weighted by molar-refractivity contribution is -0.118. The molecule has 0 unspecified atom stereocenters. The Morgan fingerprint density at radius 1 is 1.12 bits per heavy atom. The van der Waals surface area contributed by atoms with Gasteiger partial charge in [0.2, 0.25) is 5.91 Å². The maximum atomic E-state index is 12.7. The van der Waals surface area contributed by atoms with E-state index < -0.39 is 0 Å². The van der Waals surface area contributed by atoms with Gasteiger partial charge >= 0.3 is 0 Å².